The molecule has 0 aromatic heterocycles. The first kappa shape index (κ1) is 15.0. The predicted molar refractivity (Wildman–Crippen MR) is 80.9 cm³/mol. The fraction of sp³-hybridized carbons (Fsp3) is 0.357. The quantitative estimate of drug-likeness (QED) is 0.421. The second-order valence-corrected chi connectivity index (χ2v) is 4.31. The summed E-state index contributed by atoms with van der Waals surface area (Å²) in [7, 11) is 0. The molecule has 0 heterocycles. The van der Waals surface area contributed by atoms with Gasteiger partial charge in [-0.2, -0.15) is 0 Å². The summed E-state index contributed by atoms with van der Waals surface area (Å²) in [6, 6.07) is 7.83. The van der Waals surface area contributed by atoms with Gasteiger partial charge in [0, 0.05) is 12.0 Å². The molecule has 0 aliphatic rings. The van der Waals surface area contributed by atoms with E-state index in [1.54, 1.807) is 6.92 Å². The molecule has 3 nitrogen and oxygen atoms in total. The zero-order valence-electron chi connectivity index (χ0n) is 10.4. The van der Waals surface area contributed by atoms with Gasteiger partial charge in [-0.1, -0.05) is 40.8 Å². The van der Waals surface area contributed by atoms with Crippen LogP contribution in [0.2, 0.25) is 0 Å². The van der Waals surface area contributed by atoms with Crippen molar-refractivity contribution in [2.45, 2.75) is 19.8 Å². The second kappa shape index (κ2) is 8.97. The molecular formula is C14H17IO3. The van der Waals surface area contributed by atoms with E-state index in [1.165, 1.54) is 0 Å². The number of para-hydroxylation sites is 1. The summed E-state index contributed by atoms with van der Waals surface area (Å²) in [4.78, 5) is 11.1. The van der Waals surface area contributed by atoms with Crippen LogP contribution in [0.1, 0.15) is 25.3 Å². The predicted octanol–water partition coefficient (Wildman–Crippen LogP) is 3.81. The van der Waals surface area contributed by atoms with Crippen LogP contribution in [-0.4, -0.2) is 19.2 Å². The summed E-state index contributed by atoms with van der Waals surface area (Å²) < 4.78 is 12.4. The van der Waals surface area contributed by atoms with Gasteiger partial charge < -0.3 is 9.47 Å². The number of rotatable bonds is 7. The van der Waals surface area contributed by atoms with E-state index in [0.29, 0.717) is 26.1 Å². The molecule has 0 bridgehead atoms. The van der Waals surface area contributed by atoms with Crippen LogP contribution in [0.15, 0.2) is 28.3 Å². The highest BCUT2D eigenvalue weighted by molar-refractivity contribution is 14.1. The third-order valence-corrected chi connectivity index (χ3v) is 2.61. The highest BCUT2D eigenvalue weighted by Crippen LogP contribution is 2.20. The first-order valence-corrected chi connectivity index (χ1v) is 7.16. The normalized spacial score (nSPS) is 10.6. The minimum absolute atomic E-state index is 0.165. The van der Waals surface area contributed by atoms with Crippen LogP contribution in [0.5, 0.6) is 5.75 Å². The minimum Gasteiger partial charge on any atom is -0.493 e. The smallest absolute Gasteiger partial charge is 0.305 e. The zero-order valence-corrected chi connectivity index (χ0v) is 12.6. The molecule has 0 amide bonds. The van der Waals surface area contributed by atoms with Gasteiger partial charge in [-0.25, -0.2) is 0 Å². The number of hydrogen-bond acceptors (Lipinski definition) is 3. The molecule has 0 atom stereocenters. The second-order valence-electron chi connectivity index (χ2n) is 3.59. The van der Waals surface area contributed by atoms with E-state index in [4.69, 9.17) is 9.47 Å². The lowest BCUT2D eigenvalue weighted by Crippen LogP contribution is -2.07. The average molecular weight is 360 g/mol. The van der Waals surface area contributed by atoms with Crippen LogP contribution in [-0.2, 0) is 9.53 Å². The largest absolute Gasteiger partial charge is 0.493 e. The Bertz CT molecular complexity index is 402. The summed E-state index contributed by atoms with van der Waals surface area (Å²) in [6.45, 7) is 2.76. The third-order valence-electron chi connectivity index (χ3n) is 2.25. The molecule has 0 unspecified atom stereocenters. The standard InChI is InChI=1S/C14H17IO3/c1-2-17-14(16)8-5-11-18-13-7-4-3-6-12(13)9-10-15/h3-4,6-7,9-10H,2,5,8,11H2,1H3. The summed E-state index contributed by atoms with van der Waals surface area (Å²) >= 11 is 2.17. The first-order valence-electron chi connectivity index (χ1n) is 5.92. The molecule has 1 rings (SSSR count). The fourth-order valence-electron chi connectivity index (χ4n) is 1.45. The van der Waals surface area contributed by atoms with Crippen LogP contribution < -0.4 is 4.74 Å². The van der Waals surface area contributed by atoms with Crippen molar-refractivity contribution in [3.63, 3.8) is 0 Å². The van der Waals surface area contributed by atoms with Crippen molar-refractivity contribution in [1.82, 2.24) is 0 Å². The van der Waals surface area contributed by atoms with Crippen molar-refractivity contribution < 1.29 is 14.3 Å². The van der Waals surface area contributed by atoms with Crippen molar-refractivity contribution in [1.29, 1.82) is 0 Å². The summed E-state index contributed by atoms with van der Waals surface area (Å²) in [6.07, 6.45) is 3.06. The molecule has 0 aliphatic heterocycles. The number of carbonyl (C=O) groups excluding carboxylic acids is 1. The first-order chi connectivity index (χ1) is 8.77. The van der Waals surface area contributed by atoms with Gasteiger partial charge in [0.05, 0.1) is 13.2 Å². The van der Waals surface area contributed by atoms with E-state index in [2.05, 4.69) is 22.6 Å². The van der Waals surface area contributed by atoms with E-state index in [9.17, 15) is 4.79 Å². The monoisotopic (exact) mass is 360 g/mol. The van der Waals surface area contributed by atoms with Crippen molar-refractivity contribution in [2.75, 3.05) is 13.2 Å². The Balaban J connectivity index is 2.37. The fourth-order valence-corrected chi connectivity index (χ4v) is 1.84. The topological polar surface area (TPSA) is 35.5 Å². The molecule has 1 aromatic rings. The van der Waals surface area contributed by atoms with Gasteiger partial charge in [0.2, 0.25) is 0 Å². The number of esters is 1. The average Bonchev–Trinajstić information content (AvgIpc) is 2.37. The maximum Gasteiger partial charge on any atom is 0.305 e. The van der Waals surface area contributed by atoms with Crippen molar-refractivity contribution in [2.24, 2.45) is 0 Å². The van der Waals surface area contributed by atoms with E-state index in [0.717, 1.165) is 11.3 Å². The molecule has 98 valence electrons. The highest BCUT2D eigenvalue weighted by atomic mass is 127. The Kier molecular flexibility index (Phi) is 7.48. The molecule has 1 aromatic carbocycles. The molecule has 0 fully saturated rings. The van der Waals surface area contributed by atoms with Crippen LogP contribution in [0.4, 0.5) is 0 Å². The van der Waals surface area contributed by atoms with Gasteiger partial charge in [-0.15, -0.1) is 0 Å². The van der Waals surface area contributed by atoms with Crippen molar-refractivity contribution in [3.8, 4) is 5.75 Å². The molecule has 0 spiro atoms. The SMILES string of the molecule is CCOC(=O)CCCOc1ccccc1C=CI. The highest BCUT2D eigenvalue weighted by Gasteiger charge is 2.03. The molecule has 0 N–H and O–H groups in total. The summed E-state index contributed by atoms with van der Waals surface area (Å²) in [5, 5.41) is 0. The third kappa shape index (κ3) is 5.53. The van der Waals surface area contributed by atoms with E-state index < -0.39 is 0 Å². The maximum atomic E-state index is 11.1. The van der Waals surface area contributed by atoms with Crippen LogP contribution in [0, 0.1) is 0 Å². The van der Waals surface area contributed by atoms with Gasteiger partial charge in [-0.05, 0) is 29.6 Å². The summed E-state index contributed by atoms with van der Waals surface area (Å²) in [5.41, 5.74) is 1.04. The lowest BCUT2D eigenvalue weighted by atomic mass is 10.2. The Morgan fingerprint density at radius 1 is 1.39 bits per heavy atom. The Morgan fingerprint density at radius 3 is 2.89 bits per heavy atom. The zero-order chi connectivity index (χ0) is 13.2. The summed E-state index contributed by atoms with van der Waals surface area (Å²) in [5.74, 6) is 0.677. The van der Waals surface area contributed by atoms with Gasteiger partial charge in [0.25, 0.3) is 0 Å². The molecule has 18 heavy (non-hydrogen) atoms. The van der Waals surface area contributed by atoms with Crippen molar-refractivity contribution >= 4 is 34.6 Å². The van der Waals surface area contributed by atoms with E-state index in [1.807, 2.05) is 34.4 Å². The van der Waals surface area contributed by atoms with Crippen LogP contribution in [0.25, 0.3) is 6.08 Å². The number of carbonyl (C=O) groups is 1. The Morgan fingerprint density at radius 2 is 2.17 bits per heavy atom. The Labute approximate surface area is 121 Å². The van der Waals surface area contributed by atoms with Gasteiger partial charge in [0.15, 0.2) is 0 Å². The number of benzene rings is 1. The number of ether oxygens (including phenoxy) is 2. The molecule has 0 saturated heterocycles. The van der Waals surface area contributed by atoms with Crippen LogP contribution >= 0.6 is 22.6 Å². The van der Waals surface area contributed by atoms with Gasteiger partial charge in [0.1, 0.15) is 5.75 Å². The van der Waals surface area contributed by atoms with Crippen LogP contribution in [0.3, 0.4) is 0 Å². The van der Waals surface area contributed by atoms with Crippen molar-refractivity contribution in [3.05, 3.63) is 33.9 Å². The molecular weight excluding hydrogens is 343 g/mol. The molecule has 0 saturated carbocycles. The number of halogens is 1. The van der Waals surface area contributed by atoms with E-state index >= 15 is 0 Å². The maximum absolute atomic E-state index is 11.1. The van der Waals surface area contributed by atoms with Gasteiger partial charge in [-0.3, -0.25) is 4.79 Å². The Hall–Kier alpha value is -1.04. The lowest BCUT2D eigenvalue weighted by molar-refractivity contribution is -0.143. The molecule has 0 aliphatic carbocycles. The van der Waals surface area contributed by atoms with E-state index in [-0.39, 0.29) is 5.97 Å². The molecule has 4 heteroatoms. The lowest BCUT2D eigenvalue weighted by Gasteiger charge is -2.08. The minimum atomic E-state index is -0.165. The van der Waals surface area contributed by atoms with Gasteiger partial charge >= 0.3 is 5.97 Å². The molecule has 0 radical (unpaired) electrons. The number of hydrogen-bond donors (Lipinski definition) is 0.